The molecule has 1 N–H and O–H groups in total. The first-order chi connectivity index (χ1) is 22.5. The smallest absolute Gasteiger partial charge is 0.338 e. The van der Waals surface area contributed by atoms with Crippen molar-refractivity contribution in [3.63, 3.8) is 0 Å². The Balaban J connectivity index is 1.38. The number of rotatable bonds is 9. The van der Waals surface area contributed by atoms with Crippen LogP contribution in [-0.4, -0.2) is 64.3 Å². The van der Waals surface area contributed by atoms with E-state index in [0.29, 0.717) is 5.69 Å². The van der Waals surface area contributed by atoms with Gasteiger partial charge in [-0.1, -0.05) is 54.8 Å². The lowest BCUT2D eigenvalue weighted by molar-refractivity contribution is -0.235. The van der Waals surface area contributed by atoms with Crippen LogP contribution in [0.3, 0.4) is 0 Å². The predicted molar refractivity (Wildman–Crippen MR) is 148 cm³/mol. The van der Waals surface area contributed by atoms with Crippen molar-refractivity contribution in [1.82, 2.24) is 15.3 Å². The molecule has 2 amide bonds. The Hall–Kier alpha value is -3.51. The molecular weight excluding hydrogens is 557 g/mol. The quantitative estimate of drug-likeness (QED) is 0.454. The number of hydroxylamine groups is 2. The molecule has 218 valence electrons. The average Bonchev–Trinajstić information content (AvgIpc) is 3.01. The second-order valence-electron chi connectivity index (χ2n) is 9.52. The third-order valence-electron chi connectivity index (χ3n) is 6.82. The van der Waals surface area contributed by atoms with Gasteiger partial charge < -0.3 is 15.1 Å². The minimum Gasteiger partial charge on any atom is -0.338 e. The molecule has 0 spiro atoms. The van der Waals surface area contributed by atoms with Crippen molar-refractivity contribution in [3.05, 3.63) is 77.4 Å². The Labute approximate surface area is 250 Å². The Kier molecular flexibility index (Phi) is 6.50. The normalized spacial score (nSPS) is 22.4. The molecule has 1 atom stereocenters. The van der Waals surface area contributed by atoms with Crippen LogP contribution >= 0.6 is 11.8 Å². The number of benzene rings is 2. The fraction of sp³-hybridized carbons (Fsp3) is 0.414. The number of halogens is 3. The van der Waals surface area contributed by atoms with E-state index < -0.39 is 71.7 Å². The van der Waals surface area contributed by atoms with Crippen LogP contribution in [-0.2, 0) is 25.7 Å². The number of thioether (sulfide) groups is 1. The SMILES string of the molecule is [2H]c1c([2H])c([2H])c(C([2H])([2H])NCCC(=O)N2CCC3=C(C2)C(=O)N(c2ccccc2)C(SC2CCC2)N3OC(=O)C(F)(F)F)c([2H])c1[2H]. The van der Waals surface area contributed by atoms with Crippen LogP contribution in [0.4, 0.5) is 18.9 Å². The Bertz CT molecular complexity index is 1620. The van der Waals surface area contributed by atoms with Crippen molar-refractivity contribution < 1.29 is 42.0 Å². The van der Waals surface area contributed by atoms with Crippen LogP contribution in [0.2, 0.25) is 0 Å². The van der Waals surface area contributed by atoms with Crippen LogP contribution in [0.25, 0.3) is 0 Å². The van der Waals surface area contributed by atoms with E-state index in [4.69, 9.17) is 14.4 Å². The molecule has 2 aliphatic heterocycles. The highest BCUT2D eigenvalue weighted by Crippen LogP contribution is 2.44. The Morgan fingerprint density at radius 2 is 1.88 bits per heavy atom. The minimum absolute atomic E-state index is 0.0150. The standard InChI is InChI=1S/C29H31F3N4O4S/c30-29(31,32)27(39)40-36-24-15-17-34(25(37)14-16-33-18-20-8-3-1-4-9-20)19-23(24)26(38)35(21-10-5-2-6-11-21)28(36)41-22-12-7-13-22/h1-6,8-11,22,28,33H,7,12-19H2/i1D,3D,4D,8D,9D,18D2. The maximum absolute atomic E-state index is 14.1. The second kappa shape index (κ2) is 12.6. The van der Waals surface area contributed by atoms with Crippen molar-refractivity contribution in [1.29, 1.82) is 0 Å². The van der Waals surface area contributed by atoms with E-state index in [2.05, 4.69) is 5.32 Å². The summed E-state index contributed by atoms with van der Waals surface area (Å²) in [6, 6.07) is 4.63. The summed E-state index contributed by atoms with van der Waals surface area (Å²) in [4.78, 5) is 47.0. The molecule has 8 nitrogen and oxygen atoms in total. The van der Waals surface area contributed by atoms with E-state index in [1.54, 1.807) is 30.3 Å². The van der Waals surface area contributed by atoms with Gasteiger partial charge in [-0.05, 0) is 30.5 Å². The maximum atomic E-state index is 14.1. The number of carbonyl (C=O) groups is 3. The van der Waals surface area contributed by atoms with E-state index >= 15 is 0 Å². The van der Waals surface area contributed by atoms with E-state index in [0.717, 1.165) is 24.3 Å². The number of amides is 2. The summed E-state index contributed by atoms with van der Waals surface area (Å²) < 4.78 is 96.4. The number of alkyl halides is 3. The van der Waals surface area contributed by atoms with Gasteiger partial charge in [0.2, 0.25) is 5.91 Å². The van der Waals surface area contributed by atoms with Crippen molar-refractivity contribution in [3.8, 4) is 0 Å². The highest BCUT2D eigenvalue weighted by atomic mass is 32.2. The molecule has 1 fully saturated rings. The number of para-hydroxylation sites is 1. The Morgan fingerprint density at radius 3 is 2.54 bits per heavy atom. The third-order valence-corrected chi connectivity index (χ3v) is 8.33. The molecule has 2 aromatic rings. The monoisotopic (exact) mass is 595 g/mol. The molecule has 5 rings (SSSR count). The van der Waals surface area contributed by atoms with Crippen LogP contribution in [0.1, 0.15) is 47.3 Å². The predicted octanol–water partition coefficient (Wildman–Crippen LogP) is 4.59. The molecule has 2 heterocycles. The second-order valence-corrected chi connectivity index (χ2v) is 10.9. The van der Waals surface area contributed by atoms with Crippen LogP contribution in [0.5, 0.6) is 0 Å². The number of hydrogen-bond donors (Lipinski definition) is 1. The molecule has 1 unspecified atom stereocenters. The van der Waals surface area contributed by atoms with Crippen LogP contribution in [0, 0.1) is 0 Å². The van der Waals surface area contributed by atoms with Crippen LogP contribution in [0.15, 0.2) is 71.8 Å². The van der Waals surface area contributed by atoms with Gasteiger partial charge in [0.25, 0.3) is 5.91 Å². The third kappa shape index (κ3) is 6.70. The summed E-state index contributed by atoms with van der Waals surface area (Å²) >= 11 is 1.22. The largest absolute Gasteiger partial charge is 0.493 e. The van der Waals surface area contributed by atoms with Gasteiger partial charge in [-0.25, -0.2) is 4.79 Å². The molecule has 2 aromatic carbocycles. The highest BCUT2D eigenvalue weighted by molar-refractivity contribution is 8.00. The van der Waals surface area contributed by atoms with Gasteiger partial charge in [0.05, 0.1) is 24.7 Å². The van der Waals surface area contributed by atoms with Gasteiger partial charge in [0.1, 0.15) is 0 Å². The summed E-state index contributed by atoms with van der Waals surface area (Å²) in [7, 11) is 0. The fourth-order valence-electron chi connectivity index (χ4n) is 4.54. The van der Waals surface area contributed by atoms with Crippen molar-refractivity contribution in [2.24, 2.45) is 0 Å². The zero-order chi connectivity index (χ0) is 35.1. The molecule has 0 bridgehead atoms. The number of nitrogens with zero attached hydrogens (tertiary/aromatic N) is 3. The number of carbonyl (C=O) groups excluding carboxylic acids is 3. The molecule has 1 aliphatic carbocycles. The minimum atomic E-state index is -5.31. The lowest BCUT2D eigenvalue weighted by Crippen LogP contribution is -2.59. The molecular formula is C29H31F3N4O4S. The topological polar surface area (TPSA) is 82.2 Å². The van der Waals surface area contributed by atoms with Crippen molar-refractivity contribution in [2.45, 2.75) is 55.5 Å². The van der Waals surface area contributed by atoms with Crippen LogP contribution < -0.4 is 10.2 Å². The number of hydrogen-bond acceptors (Lipinski definition) is 7. The van der Waals surface area contributed by atoms with E-state index in [9.17, 15) is 27.6 Å². The van der Waals surface area contributed by atoms with Gasteiger partial charge in [0.15, 0.2) is 5.50 Å². The first-order valence-electron chi connectivity index (χ1n) is 16.5. The van der Waals surface area contributed by atoms with E-state index in [1.165, 1.54) is 21.6 Å². The number of nitrogens with one attached hydrogen (secondary N) is 1. The lowest BCUT2D eigenvalue weighted by Gasteiger charge is -2.48. The molecule has 0 radical (unpaired) electrons. The van der Waals surface area contributed by atoms with E-state index in [1.807, 2.05) is 0 Å². The fourth-order valence-corrected chi connectivity index (χ4v) is 6.11. The zero-order valence-electron chi connectivity index (χ0n) is 28.7. The first kappa shape index (κ1) is 21.2. The summed E-state index contributed by atoms with van der Waals surface area (Å²) in [5, 5.41) is 3.29. The van der Waals surface area contributed by atoms with Gasteiger partial charge in [0, 0.05) is 46.1 Å². The first-order valence-corrected chi connectivity index (χ1v) is 13.9. The number of anilines is 1. The Morgan fingerprint density at radius 1 is 1.15 bits per heavy atom. The summed E-state index contributed by atoms with van der Waals surface area (Å²) in [5.41, 5.74) is -1.39. The molecule has 1 saturated carbocycles. The molecule has 3 aliphatic rings. The van der Waals surface area contributed by atoms with Gasteiger partial charge >= 0.3 is 12.1 Å². The van der Waals surface area contributed by atoms with Crippen molar-refractivity contribution >= 4 is 35.2 Å². The van der Waals surface area contributed by atoms with Gasteiger partial charge in [-0.15, -0.1) is 11.8 Å². The summed E-state index contributed by atoms with van der Waals surface area (Å²) in [6.07, 6.45) is -3.29. The maximum Gasteiger partial charge on any atom is 0.493 e. The van der Waals surface area contributed by atoms with Crippen molar-refractivity contribution in [2.75, 3.05) is 24.5 Å². The molecule has 0 aromatic heterocycles. The summed E-state index contributed by atoms with van der Waals surface area (Å²) in [5.74, 6) is -3.57. The molecule has 41 heavy (non-hydrogen) atoms. The summed E-state index contributed by atoms with van der Waals surface area (Å²) in [6.45, 7) is -3.31. The molecule has 12 heteroatoms. The average molecular weight is 596 g/mol. The molecule has 0 saturated heterocycles. The highest BCUT2D eigenvalue weighted by Gasteiger charge is 2.50. The zero-order valence-corrected chi connectivity index (χ0v) is 22.5. The van der Waals surface area contributed by atoms with Gasteiger partial charge in [-0.3, -0.25) is 14.5 Å². The lowest BCUT2D eigenvalue weighted by atomic mass is 10.00. The van der Waals surface area contributed by atoms with E-state index in [-0.39, 0.29) is 49.0 Å². The van der Waals surface area contributed by atoms with Gasteiger partial charge in [-0.2, -0.15) is 18.2 Å².